The Hall–Kier alpha value is -2.04. The highest BCUT2D eigenvalue weighted by atomic mass is 16.6. The van der Waals surface area contributed by atoms with Crippen molar-refractivity contribution in [3.63, 3.8) is 0 Å². The Balaban J connectivity index is 3.06. The molecular weight excluding hydrogens is 366 g/mol. The van der Waals surface area contributed by atoms with E-state index in [1.807, 2.05) is 71.9 Å². The van der Waals surface area contributed by atoms with E-state index in [2.05, 4.69) is 0 Å². The average molecular weight is 406 g/mol. The quantitative estimate of drug-likeness (QED) is 0.409. The van der Waals surface area contributed by atoms with Crippen LogP contribution in [0.2, 0.25) is 0 Å². The monoisotopic (exact) mass is 405 g/mol. The molecule has 2 amide bonds. The normalized spacial score (nSPS) is 11.8. The van der Waals surface area contributed by atoms with Crippen molar-refractivity contribution in [3.8, 4) is 0 Å². The minimum Gasteiger partial charge on any atom is -0.442 e. The van der Waals surface area contributed by atoms with Crippen molar-refractivity contribution < 1.29 is 19.1 Å². The van der Waals surface area contributed by atoms with Crippen LogP contribution < -0.4 is 0 Å². The van der Waals surface area contributed by atoms with Gasteiger partial charge in [-0.05, 0) is 50.5 Å². The molecule has 29 heavy (non-hydrogen) atoms. The number of hydrogen-bond donors (Lipinski definition) is 0. The molecule has 0 saturated carbocycles. The zero-order chi connectivity index (χ0) is 21.9. The smallest absolute Gasteiger partial charge is 0.419 e. The number of carbonyl (C=O) groups excluding carboxylic acids is 2. The summed E-state index contributed by atoms with van der Waals surface area (Å²) in [4.78, 5) is 27.2. The van der Waals surface area contributed by atoms with Crippen molar-refractivity contribution in [3.05, 3.63) is 35.9 Å². The highest BCUT2D eigenvalue weighted by Gasteiger charge is 2.37. The third kappa shape index (κ3) is 6.76. The summed E-state index contributed by atoms with van der Waals surface area (Å²) in [6.45, 7) is 12.2. The lowest BCUT2D eigenvalue weighted by Crippen LogP contribution is -2.47. The highest BCUT2D eigenvalue weighted by molar-refractivity contribution is 5.88. The van der Waals surface area contributed by atoms with E-state index in [4.69, 9.17) is 9.47 Å². The topological polar surface area (TPSA) is 55.8 Å². The third-order valence-electron chi connectivity index (χ3n) is 6.38. The van der Waals surface area contributed by atoms with Gasteiger partial charge in [-0.3, -0.25) is 0 Å². The van der Waals surface area contributed by atoms with Gasteiger partial charge in [0.15, 0.2) is 0 Å². The molecule has 164 valence electrons. The predicted molar refractivity (Wildman–Crippen MR) is 117 cm³/mol. The Morgan fingerprint density at radius 1 is 0.724 bits per heavy atom. The number of ether oxygens (including phenoxy) is 2. The second-order valence-electron chi connectivity index (χ2n) is 7.61. The van der Waals surface area contributed by atoms with Gasteiger partial charge in [-0.2, -0.15) is 0 Å². The van der Waals surface area contributed by atoms with Crippen molar-refractivity contribution in [2.75, 3.05) is 6.54 Å². The molecule has 0 spiro atoms. The van der Waals surface area contributed by atoms with E-state index in [0.717, 1.165) is 10.5 Å². The second-order valence-corrected chi connectivity index (χ2v) is 7.61. The summed E-state index contributed by atoms with van der Waals surface area (Å²) in [5, 5.41) is 0. The van der Waals surface area contributed by atoms with Gasteiger partial charge in [0.2, 0.25) is 0 Å². The third-order valence-corrected chi connectivity index (χ3v) is 6.38. The Labute approximate surface area is 176 Å². The van der Waals surface area contributed by atoms with Crippen LogP contribution in [-0.4, -0.2) is 34.8 Å². The van der Waals surface area contributed by atoms with Gasteiger partial charge < -0.3 is 9.47 Å². The van der Waals surface area contributed by atoms with Crippen molar-refractivity contribution in [2.24, 2.45) is 0 Å². The van der Waals surface area contributed by atoms with Gasteiger partial charge in [-0.25, -0.2) is 14.5 Å². The first-order chi connectivity index (χ1) is 13.8. The fourth-order valence-electron chi connectivity index (χ4n) is 3.56. The molecule has 0 fully saturated rings. The molecule has 0 bridgehead atoms. The molecule has 1 aromatic rings. The van der Waals surface area contributed by atoms with Gasteiger partial charge >= 0.3 is 12.2 Å². The van der Waals surface area contributed by atoms with E-state index in [9.17, 15) is 9.59 Å². The van der Waals surface area contributed by atoms with Crippen LogP contribution in [0.4, 0.5) is 9.59 Å². The van der Waals surface area contributed by atoms with Crippen molar-refractivity contribution in [2.45, 2.75) is 97.7 Å². The van der Waals surface area contributed by atoms with Crippen LogP contribution in [0.15, 0.2) is 30.3 Å². The van der Waals surface area contributed by atoms with E-state index >= 15 is 0 Å². The maximum atomic E-state index is 13.1. The lowest BCUT2D eigenvalue weighted by Gasteiger charge is -2.35. The Kier molecular flexibility index (Phi) is 10.2. The molecule has 0 aliphatic heterocycles. The number of benzene rings is 1. The lowest BCUT2D eigenvalue weighted by atomic mass is 9.94. The predicted octanol–water partition coefficient (Wildman–Crippen LogP) is 6.74. The zero-order valence-corrected chi connectivity index (χ0v) is 19.1. The van der Waals surface area contributed by atoms with E-state index in [1.54, 1.807) is 0 Å². The summed E-state index contributed by atoms with van der Waals surface area (Å²) >= 11 is 0. The summed E-state index contributed by atoms with van der Waals surface area (Å²) in [7, 11) is 0. The molecular formula is C24H39NO4. The Morgan fingerprint density at radius 2 is 1.10 bits per heavy atom. The van der Waals surface area contributed by atoms with Crippen LogP contribution >= 0.6 is 0 Å². The number of nitrogens with zero attached hydrogens (tertiary/aromatic N) is 1. The van der Waals surface area contributed by atoms with E-state index in [1.165, 1.54) is 0 Å². The Bertz CT molecular complexity index is 570. The molecule has 0 radical (unpaired) electrons. The standard InChI is InChI=1S/C24H39NO4/c1-7-23(8-2,9-3)28-21(26)25(19-18-20-16-14-13-15-17-20)22(27)29-24(10-4,11-5)12-6/h13-17H,7-12,18-19H2,1-6H3. The molecule has 0 atom stereocenters. The summed E-state index contributed by atoms with van der Waals surface area (Å²) in [5.41, 5.74) is -0.0574. The molecule has 0 heterocycles. The van der Waals surface area contributed by atoms with Crippen LogP contribution in [-0.2, 0) is 15.9 Å². The first kappa shape index (κ1) is 25.0. The number of imide groups is 1. The molecule has 5 heteroatoms. The maximum absolute atomic E-state index is 13.1. The molecule has 0 saturated heterocycles. The Morgan fingerprint density at radius 3 is 1.45 bits per heavy atom. The van der Waals surface area contributed by atoms with Gasteiger partial charge in [0, 0.05) is 6.54 Å². The van der Waals surface area contributed by atoms with Gasteiger partial charge in [0.1, 0.15) is 11.2 Å². The number of rotatable bonds is 11. The lowest BCUT2D eigenvalue weighted by molar-refractivity contribution is -0.0383. The van der Waals surface area contributed by atoms with Crippen molar-refractivity contribution in [1.29, 1.82) is 0 Å². The molecule has 0 N–H and O–H groups in total. The molecule has 0 unspecified atom stereocenters. The van der Waals surface area contributed by atoms with E-state index < -0.39 is 23.4 Å². The molecule has 1 rings (SSSR count). The first-order valence-electron chi connectivity index (χ1n) is 11.1. The van der Waals surface area contributed by atoms with Crippen LogP contribution in [0.25, 0.3) is 0 Å². The fraction of sp³-hybridized carbons (Fsp3) is 0.667. The van der Waals surface area contributed by atoms with Crippen LogP contribution in [0.5, 0.6) is 0 Å². The van der Waals surface area contributed by atoms with E-state index in [0.29, 0.717) is 44.9 Å². The van der Waals surface area contributed by atoms with Crippen LogP contribution in [0.1, 0.15) is 85.6 Å². The average Bonchev–Trinajstić information content (AvgIpc) is 2.77. The number of amides is 2. The summed E-state index contributed by atoms with van der Waals surface area (Å²) < 4.78 is 11.7. The first-order valence-corrected chi connectivity index (χ1v) is 11.1. The number of carbonyl (C=O) groups is 2. The minimum absolute atomic E-state index is 0.224. The molecule has 0 aliphatic carbocycles. The second kappa shape index (κ2) is 11.8. The van der Waals surface area contributed by atoms with Gasteiger partial charge in [0.05, 0.1) is 0 Å². The molecule has 0 aromatic heterocycles. The van der Waals surface area contributed by atoms with Crippen LogP contribution in [0.3, 0.4) is 0 Å². The van der Waals surface area contributed by atoms with Crippen LogP contribution in [0, 0.1) is 0 Å². The number of hydrogen-bond acceptors (Lipinski definition) is 4. The highest BCUT2D eigenvalue weighted by Crippen LogP contribution is 2.28. The van der Waals surface area contributed by atoms with Gasteiger partial charge in [-0.1, -0.05) is 71.9 Å². The molecule has 1 aromatic carbocycles. The maximum Gasteiger partial charge on any atom is 0.419 e. The molecule has 5 nitrogen and oxygen atoms in total. The fourth-order valence-corrected chi connectivity index (χ4v) is 3.56. The summed E-state index contributed by atoms with van der Waals surface area (Å²) in [5.74, 6) is 0. The van der Waals surface area contributed by atoms with Gasteiger partial charge in [-0.15, -0.1) is 0 Å². The molecule has 0 aliphatic rings. The minimum atomic E-state index is -0.617. The van der Waals surface area contributed by atoms with Crippen molar-refractivity contribution in [1.82, 2.24) is 4.90 Å². The largest absolute Gasteiger partial charge is 0.442 e. The summed E-state index contributed by atoms with van der Waals surface area (Å²) in [6.07, 6.45) is 3.55. The zero-order valence-electron chi connectivity index (χ0n) is 19.1. The van der Waals surface area contributed by atoms with E-state index in [-0.39, 0.29) is 6.54 Å². The van der Waals surface area contributed by atoms with Crippen molar-refractivity contribution >= 4 is 12.2 Å². The SMILES string of the molecule is CCC(CC)(CC)OC(=O)N(CCc1ccccc1)C(=O)OC(CC)(CC)CC. The van der Waals surface area contributed by atoms with Gasteiger partial charge in [0.25, 0.3) is 0 Å². The summed E-state index contributed by atoms with van der Waals surface area (Å²) in [6, 6.07) is 9.81.